The standard InChI is InChI=1S/2C7H9N.2ClH.Cu/c2*1-2-7-3-5-8-6-4-7;;;/h2*3-6H,2H2,1H3;2*1H;/q;;;;+2/p-2. The second-order valence-corrected chi connectivity index (χ2v) is 5.02. The molecule has 0 aliphatic heterocycles. The number of rotatable bonds is 2. The van der Waals surface area contributed by atoms with Crippen LogP contribution in [0.5, 0.6) is 0 Å². The van der Waals surface area contributed by atoms with Crippen molar-refractivity contribution in [3.8, 4) is 0 Å². The molecule has 0 saturated heterocycles. The van der Waals surface area contributed by atoms with Crippen LogP contribution in [0.25, 0.3) is 0 Å². The third-order valence-electron chi connectivity index (χ3n) is 2.32. The van der Waals surface area contributed by atoms with Crippen LogP contribution in [-0.4, -0.2) is 9.97 Å². The Morgan fingerprint density at radius 3 is 1.21 bits per heavy atom. The number of aryl methyl sites for hydroxylation is 2. The number of hydrogen-bond donors (Lipinski definition) is 0. The minimum atomic E-state index is 0.757. The van der Waals surface area contributed by atoms with Gasteiger partial charge in [-0.25, -0.2) is 0 Å². The molecule has 0 bridgehead atoms. The van der Waals surface area contributed by atoms with Gasteiger partial charge in [0.2, 0.25) is 0 Å². The van der Waals surface area contributed by atoms with Gasteiger partial charge in [0, 0.05) is 24.8 Å². The minimum absolute atomic E-state index is 0.757. The summed E-state index contributed by atoms with van der Waals surface area (Å²) in [5.41, 5.74) is 2.69. The summed E-state index contributed by atoms with van der Waals surface area (Å²) in [6.45, 7) is 4.27. The Hall–Kier alpha value is -0.601. The molecule has 2 rings (SSSR count). The molecule has 2 heterocycles. The molecule has 0 atom stereocenters. The third-order valence-corrected chi connectivity index (χ3v) is 2.32. The fraction of sp³-hybridized carbons (Fsp3) is 0.286. The van der Waals surface area contributed by atoms with Gasteiger partial charge in [-0.05, 0) is 48.2 Å². The second-order valence-electron chi connectivity index (χ2n) is 3.46. The molecule has 109 valence electrons. The monoisotopic (exact) mass is 347 g/mol. The van der Waals surface area contributed by atoms with Gasteiger partial charge in [0.15, 0.2) is 0 Å². The van der Waals surface area contributed by atoms with Crippen LogP contribution in [0.4, 0.5) is 0 Å². The first-order valence-electron chi connectivity index (χ1n) is 5.87. The van der Waals surface area contributed by atoms with E-state index in [1.54, 1.807) is 0 Å². The molecule has 0 N–H and O–H groups in total. The molecule has 0 aromatic carbocycles. The molecule has 19 heavy (non-hydrogen) atoms. The van der Waals surface area contributed by atoms with E-state index >= 15 is 0 Å². The van der Waals surface area contributed by atoms with Gasteiger partial charge in [0.25, 0.3) is 0 Å². The van der Waals surface area contributed by atoms with Crippen molar-refractivity contribution < 1.29 is 13.1 Å². The zero-order chi connectivity index (χ0) is 14.3. The first kappa shape index (κ1) is 18.4. The zero-order valence-corrected chi connectivity index (χ0v) is 13.4. The summed E-state index contributed by atoms with van der Waals surface area (Å²) in [6, 6.07) is 8.11. The van der Waals surface area contributed by atoms with Gasteiger partial charge in [-0.3, -0.25) is 9.97 Å². The molecule has 0 saturated carbocycles. The maximum atomic E-state index is 4.67. The van der Waals surface area contributed by atoms with E-state index in [2.05, 4.69) is 44.0 Å². The average Bonchev–Trinajstić information content (AvgIpc) is 2.50. The molecule has 0 spiro atoms. The Morgan fingerprint density at radius 1 is 0.789 bits per heavy atom. The second kappa shape index (κ2) is 13.8. The molecule has 0 fully saturated rings. The predicted molar refractivity (Wildman–Crippen MR) is 78.9 cm³/mol. The summed E-state index contributed by atoms with van der Waals surface area (Å²) < 4.78 is 0. The van der Waals surface area contributed by atoms with Gasteiger partial charge in [0.05, 0.1) is 0 Å². The van der Waals surface area contributed by atoms with Crippen LogP contribution in [-0.2, 0) is 26.0 Å². The summed E-state index contributed by atoms with van der Waals surface area (Å²) in [6.07, 6.45) is 9.47. The number of nitrogens with zero attached hydrogens (tertiary/aromatic N) is 2. The molecule has 2 aromatic rings. The van der Waals surface area contributed by atoms with Gasteiger partial charge in [-0.15, -0.1) is 0 Å². The van der Waals surface area contributed by atoms with Crippen molar-refractivity contribution in [1.29, 1.82) is 0 Å². The predicted octanol–water partition coefficient (Wildman–Crippen LogP) is 4.66. The third kappa shape index (κ3) is 11.0. The van der Waals surface area contributed by atoms with E-state index in [1.807, 2.05) is 49.1 Å². The van der Waals surface area contributed by atoms with Gasteiger partial charge < -0.3 is 0 Å². The van der Waals surface area contributed by atoms with Crippen LogP contribution in [0.3, 0.4) is 0 Å². The fourth-order valence-electron chi connectivity index (χ4n) is 1.24. The number of aromatic nitrogens is 2. The normalized spacial score (nSPS) is 8.84. The van der Waals surface area contributed by atoms with Gasteiger partial charge >= 0.3 is 33.3 Å². The van der Waals surface area contributed by atoms with Crippen molar-refractivity contribution in [2.45, 2.75) is 26.7 Å². The van der Waals surface area contributed by atoms with E-state index in [9.17, 15) is 0 Å². The van der Waals surface area contributed by atoms with E-state index in [1.165, 1.54) is 11.1 Å². The Balaban J connectivity index is 0.000000284. The fourth-order valence-corrected chi connectivity index (χ4v) is 1.24. The van der Waals surface area contributed by atoms with Crippen molar-refractivity contribution in [2.75, 3.05) is 0 Å². The van der Waals surface area contributed by atoms with Crippen molar-refractivity contribution in [2.24, 2.45) is 0 Å². The van der Waals surface area contributed by atoms with Gasteiger partial charge in [-0.1, -0.05) is 13.8 Å². The van der Waals surface area contributed by atoms with Crippen molar-refractivity contribution in [3.05, 3.63) is 60.2 Å². The van der Waals surface area contributed by atoms with E-state index in [4.69, 9.17) is 0 Å². The van der Waals surface area contributed by atoms with Gasteiger partial charge in [-0.2, -0.15) is 0 Å². The van der Waals surface area contributed by atoms with Crippen LogP contribution in [0.2, 0.25) is 0 Å². The molecule has 2 nitrogen and oxygen atoms in total. The number of hydrogen-bond acceptors (Lipinski definition) is 2. The summed E-state index contributed by atoms with van der Waals surface area (Å²) in [5.74, 6) is 0. The van der Waals surface area contributed by atoms with E-state index in [0.717, 1.165) is 26.0 Å². The first-order chi connectivity index (χ1) is 9.28. The molecule has 0 radical (unpaired) electrons. The molecule has 0 aliphatic rings. The van der Waals surface area contributed by atoms with E-state index < -0.39 is 0 Å². The molecular formula is C14H18Cl2CuN2. The van der Waals surface area contributed by atoms with Crippen LogP contribution < -0.4 is 0 Å². The Labute approximate surface area is 130 Å². The molecule has 5 heteroatoms. The van der Waals surface area contributed by atoms with Crippen molar-refractivity contribution in [1.82, 2.24) is 9.97 Å². The number of halogens is 2. The molecule has 2 aromatic heterocycles. The number of pyridine rings is 2. The van der Waals surface area contributed by atoms with Crippen LogP contribution in [0.15, 0.2) is 49.1 Å². The topological polar surface area (TPSA) is 25.8 Å². The van der Waals surface area contributed by atoms with Crippen LogP contribution in [0.1, 0.15) is 25.0 Å². The van der Waals surface area contributed by atoms with Gasteiger partial charge in [0.1, 0.15) is 0 Å². The summed E-state index contributed by atoms with van der Waals surface area (Å²) >= 11 is 0.757. The Bertz CT molecular complexity index is 359. The summed E-state index contributed by atoms with van der Waals surface area (Å²) in [7, 11) is 9.34. The molecule has 0 unspecified atom stereocenters. The molecule has 0 aliphatic carbocycles. The summed E-state index contributed by atoms with van der Waals surface area (Å²) in [4.78, 5) is 7.79. The quantitative estimate of drug-likeness (QED) is 0.737. The molecule has 0 amide bonds. The zero-order valence-electron chi connectivity index (χ0n) is 11.0. The average molecular weight is 349 g/mol. The molecular weight excluding hydrogens is 331 g/mol. The van der Waals surface area contributed by atoms with E-state index in [0.29, 0.717) is 0 Å². The van der Waals surface area contributed by atoms with Crippen LogP contribution in [0, 0.1) is 0 Å². The van der Waals surface area contributed by atoms with Crippen LogP contribution >= 0.6 is 20.2 Å². The van der Waals surface area contributed by atoms with E-state index in [-0.39, 0.29) is 0 Å². The SMILES string of the molecule is CCc1ccncc1.CCc1ccncc1.[Cl][Cu][Cl]. The van der Waals surface area contributed by atoms with Crippen molar-refractivity contribution >= 4 is 20.2 Å². The Kier molecular flexibility index (Phi) is 13.4. The summed E-state index contributed by atoms with van der Waals surface area (Å²) in [5, 5.41) is 0. The first-order valence-corrected chi connectivity index (χ1v) is 8.46. The Morgan fingerprint density at radius 2 is 1.05 bits per heavy atom. The van der Waals surface area contributed by atoms with Crippen molar-refractivity contribution in [3.63, 3.8) is 0 Å². The maximum absolute atomic E-state index is 4.67.